The monoisotopic (exact) mass is 287 g/mol. The molecule has 0 spiro atoms. The molecule has 0 unspecified atom stereocenters. The van der Waals surface area contributed by atoms with E-state index in [2.05, 4.69) is 10.3 Å². The van der Waals surface area contributed by atoms with Gasteiger partial charge in [0.15, 0.2) is 5.82 Å². The normalized spacial score (nSPS) is 10.4. The fraction of sp³-hybridized carbons (Fsp3) is 0.375. The van der Waals surface area contributed by atoms with E-state index >= 15 is 0 Å². The second-order valence-corrected chi connectivity index (χ2v) is 4.87. The molecule has 2 rings (SSSR count). The number of benzene rings is 1. The molecule has 5 heteroatoms. The Morgan fingerprint density at radius 3 is 3.00 bits per heavy atom. The zero-order chi connectivity index (χ0) is 15.1. The minimum absolute atomic E-state index is 0.0881. The van der Waals surface area contributed by atoms with E-state index in [1.54, 1.807) is 17.0 Å². The van der Waals surface area contributed by atoms with Gasteiger partial charge in [0.05, 0.1) is 6.54 Å². The van der Waals surface area contributed by atoms with Gasteiger partial charge >= 0.3 is 0 Å². The van der Waals surface area contributed by atoms with E-state index in [0.717, 1.165) is 17.7 Å². The molecule has 5 nitrogen and oxygen atoms in total. The van der Waals surface area contributed by atoms with Gasteiger partial charge in [-0.05, 0) is 31.0 Å². The third-order valence-electron chi connectivity index (χ3n) is 3.03. The minimum Gasteiger partial charge on any atom is -0.492 e. The van der Waals surface area contributed by atoms with Crippen LogP contribution in [-0.4, -0.2) is 22.7 Å². The average molecular weight is 287 g/mol. The molecule has 0 aliphatic rings. The van der Waals surface area contributed by atoms with E-state index in [9.17, 15) is 4.79 Å². The Morgan fingerprint density at radius 2 is 2.24 bits per heavy atom. The molecule has 0 amide bonds. The summed E-state index contributed by atoms with van der Waals surface area (Å²) in [5.74, 6) is 1.21. The Bertz CT molecular complexity index is 637. The maximum absolute atomic E-state index is 12.1. The molecule has 0 saturated carbocycles. The number of hydrogen-bond acceptors (Lipinski definition) is 4. The number of rotatable bonds is 7. The highest BCUT2D eigenvalue weighted by Crippen LogP contribution is 2.11. The summed E-state index contributed by atoms with van der Waals surface area (Å²) in [4.78, 5) is 16.1. The van der Waals surface area contributed by atoms with E-state index in [4.69, 9.17) is 4.74 Å². The Labute approximate surface area is 124 Å². The molecular weight excluding hydrogens is 266 g/mol. The van der Waals surface area contributed by atoms with Crippen molar-refractivity contribution in [3.8, 4) is 5.75 Å². The summed E-state index contributed by atoms with van der Waals surface area (Å²) < 4.78 is 7.29. The molecule has 21 heavy (non-hydrogen) atoms. The van der Waals surface area contributed by atoms with Crippen molar-refractivity contribution in [1.29, 1.82) is 0 Å². The van der Waals surface area contributed by atoms with E-state index in [1.165, 1.54) is 0 Å². The first kappa shape index (κ1) is 15.1. The van der Waals surface area contributed by atoms with Gasteiger partial charge in [-0.15, -0.1) is 0 Å². The second kappa shape index (κ2) is 7.47. The summed E-state index contributed by atoms with van der Waals surface area (Å²) >= 11 is 0. The minimum atomic E-state index is -0.0881. The third kappa shape index (κ3) is 4.34. The molecule has 0 radical (unpaired) electrons. The number of nitrogens with zero attached hydrogens (tertiary/aromatic N) is 2. The number of ether oxygens (including phenoxy) is 1. The smallest absolute Gasteiger partial charge is 0.293 e. The first-order valence-electron chi connectivity index (χ1n) is 7.19. The van der Waals surface area contributed by atoms with Crippen LogP contribution in [0.25, 0.3) is 0 Å². The lowest BCUT2D eigenvalue weighted by Crippen LogP contribution is -2.25. The molecule has 1 heterocycles. The molecule has 2 aromatic rings. The predicted octanol–water partition coefficient (Wildman–Crippen LogP) is 2.45. The molecule has 112 valence electrons. The van der Waals surface area contributed by atoms with E-state index in [0.29, 0.717) is 25.5 Å². The van der Waals surface area contributed by atoms with Crippen molar-refractivity contribution < 1.29 is 4.74 Å². The maximum atomic E-state index is 12.1. The Kier molecular flexibility index (Phi) is 5.37. The van der Waals surface area contributed by atoms with Crippen LogP contribution in [0.2, 0.25) is 0 Å². The molecule has 0 aliphatic heterocycles. The van der Waals surface area contributed by atoms with Crippen LogP contribution >= 0.6 is 0 Å². The second-order valence-electron chi connectivity index (χ2n) is 4.87. The van der Waals surface area contributed by atoms with Crippen molar-refractivity contribution in [2.24, 2.45) is 0 Å². The average Bonchev–Trinajstić information content (AvgIpc) is 2.47. The topological polar surface area (TPSA) is 56.1 Å². The van der Waals surface area contributed by atoms with Crippen LogP contribution in [0.1, 0.15) is 18.9 Å². The summed E-state index contributed by atoms with van der Waals surface area (Å²) in [5.41, 5.74) is 1.07. The molecule has 0 bridgehead atoms. The zero-order valence-corrected chi connectivity index (χ0v) is 12.5. The molecule has 0 atom stereocenters. The van der Waals surface area contributed by atoms with Gasteiger partial charge in [0, 0.05) is 18.9 Å². The quantitative estimate of drug-likeness (QED) is 0.795. The lowest BCUT2D eigenvalue weighted by atomic mass is 10.2. The molecule has 1 aromatic heterocycles. The van der Waals surface area contributed by atoms with Crippen molar-refractivity contribution in [2.45, 2.75) is 26.8 Å². The molecule has 0 aliphatic carbocycles. The Hall–Kier alpha value is -2.30. The molecule has 1 aromatic carbocycles. The molecular formula is C16H21N3O2. The van der Waals surface area contributed by atoms with E-state index in [-0.39, 0.29) is 5.56 Å². The SMILES string of the molecule is CCCn1ccnc(NCCOc2cccc(C)c2)c1=O. The van der Waals surface area contributed by atoms with Crippen molar-refractivity contribution in [2.75, 3.05) is 18.5 Å². The van der Waals surface area contributed by atoms with Crippen LogP contribution < -0.4 is 15.6 Å². The fourth-order valence-corrected chi connectivity index (χ4v) is 2.03. The Balaban J connectivity index is 1.86. The van der Waals surface area contributed by atoms with Crippen molar-refractivity contribution in [3.63, 3.8) is 0 Å². The van der Waals surface area contributed by atoms with Crippen LogP contribution in [-0.2, 0) is 6.54 Å². The molecule has 1 N–H and O–H groups in total. The van der Waals surface area contributed by atoms with Crippen LogP contribution in [0.3, 0.4) is 0 Å². The zero-order valence-electron chi connectivity index (χ0n) is 12.5. The van der Waals surface area contributed by atoms with Crippen LogP contribution in [0, 0.1) is 6.92 Å². The van der Waals surface area contributed by atoms with Gasteiger partial charge in [-0.25, -0.2) is 4.98 Å². The summed E-state index contributed by atoms with van der Waals surface area (Å²) in [5, 5.41) is 3.03. The predicted molar refractivity (Wildman–Crippen MR) is 84.0 cm³/mol. The fourth-order valence-electron chi connectivity index (χ4n) is 2.03. The summed E-state index contributed by atoms with van der Waals surface area (Å²) in [6.07, 6.45) is 4.26. The van der Waals surface area contributed by atoms with Gasteiger partial charge < -0.3 is 14.6 Å². The molecule has 0 saturated heterocycles. The lowest BCUT2D eigenvalue weighted by molar-refractivity contribution is 0.332. The van der Waals surface area contributed by atoms with E-state index in [1.807, 2.05) is 38.1 Å². The first-order chi connectivity index (χ1) is 10.2. The number of nitrogens with one attached hydrogen (secondary N) is 1. The highest BCUT2D eigenvalue weighted by Gasteiger charge is 2.03. The van der Waals surface area contributed by atoms with Gasteiger partial charge in [0.1, 0.15) is 12.4 Å². The summed E-state index contributed by atoms with van der Waals surface area (Å²) in [6, 6.07) is 7.88. The van der Waals surface area contributed by atoms with Crippen LogP contribution in [0.4, 0.5) is 5.82 Å². The number of aromatic nitrogens is 2. The number of hydrogen-bond donors (Lipinski definition) is 1. The molecule has 0 fully saturated rings. The first-order valence-corrected chi connectivity index (χ1v) is 7.19. The third-order valence-corrected chi connectivity index (χ3v) is 3.03. The van der Waals surface area contributed by atoms with Gasteiger partial charge in [-0.1, -0.05) is 19.1 Å². The van der Waals surface area contributed by atoms with Crippen molar-refractivity contribution >= 4 is 5.82 Å². The standard InChI is InChI=1S/C16H21N3O2/c1-3-9-19-10-7-17-15(16(19)20)18-8-11-21-14-6-4-5-13(2)12-14/h4-7,10,12H,3,8-9,11H2,1-2H3,(H,17,18). The van der Waals surface area contributed by atoms with Gasteiger partial charge in [0.25, 0.3) is 5.56 Å². The maximum Gasteiger partial charge on any atom is 0.293 e. The van der Waals surface area contributed by atoms with Gasteiger partial charge in [-0.2, -0.15) is 0 Å². The van der Waals surface area contributed by atoms with Crippen LogP contribution in [0.5, 0.6) is 5.75 Å². The van der Waals surface area contributed by atoms with E-state index < -0.39 is 0 Å². The van der Waals surface area contributed by atoms with Crippen molar-refractivity contribution in [1.82, 2.24) is 9.55 Å². The number of anilines is 1. The van der Waals surface area contributed by atoms with Gasteiger partial charge in [0.2, 0.25) is 0 Å². The number of aryl methyl sites for hydroxylation is 2. The highest BCUT2D eigenvalue weighted by atomic mass is 16.5. The summed E-state index contributed by atoms with van der Waals surface area (Å²) in [6.45, 7) is 5.78. The lowest BCUT2D eigenvalue weighted by Gasteiger charge is -2.09. The van der Waals surface area contributed by atoms with Crippen LogP contribution in [0.15, 0.2) is 41.5 Å². The van der Waals surface area contributed by atoms with Crippen molar-refractivity contribution in [3.05, 3.63) is 52.6 Å². The van der Waals surface area contributed by atoms with Gasteiger partial charge in [-0.3, -0.25) is 4.79 Å². The summed E-state index contributed by atoms with van der Waals surface area (Å²) in [7, 11) is 0. The highest BCUT2D eigenvalue weighted by molar-refractivity contribution is 5.31. The Morgan fingerprint density at radius 1 is 1.38 bits per heavy atom. The largest absolute Gasteiger partial charge is 0.492 e.